The molecule has 1 aromatic rings. The molecular weight excluding hydrogens is 224 g/mol. The van der Waals surface area contributed by atoms with Crippen LogP contribution in [0.3, 0.4) is 0 Å². The molecule has 2 rings (SSSR count). The highest BCUT2D eigenvalue weighted by molar-refractivity contribution is 5.23. The average Bonchev–Trinajstić information content (AvgIpc) is 2.56. The zero-order valence-corrected chi connectivity index (χ0v) is 12.2. The summed E-state index contributed by atoms with van der Waals surface area (Å²) in [6.45, 7) is 8.81. The van der Waals surface area contributed by atoms with Crippen LogP contribution in [0.15, 0.2) is 0 Å². The minimum Gasteiger partial charge on any atom is -0.312 e. The lowest BCUT2D eigenvalue weighted by atomic mass is 9.98. The molecule has 4 nitrogen and oxygen atoms in total. The second-order valence-electron chi connectivity index (χ2n) is 5.67. The van der Waals surface area contributed by atoms with Gasteiger partial charge in [0, 0.05) is 31.4 Å². The molecule has 0 bridgehead atoms. The van der Waals surface area contributed by atoms with E-state index in [1.807, 2.05) is 11.7 Å². The fourth-order valence-corrected chi connectivity index (χ4v) is 2.91. The van der Waals surface area contributed by atoms with Gasteiger partial charge >= 0.3 is 0 Å². The van der Waals surface area contributed by atoms with Crippen LogP contribution in [0.2, 0.25) is 0 Å². The number of hydrogen-bond acceptors (Lipinski definition) is 3. The van der Waals surface area contributed by atoms with E-state index in [1.165, 1.54) is 37.2 Å². The quantitative estimate of drug-likeness (QED) is 0.878. The molecular formula is C14H26N4. The molecule has 1 aliphatic rings. The lowest BCUT2D eigenvalue weighted by Crippen LogP contribution is -2.37. The summed E-state index contributed by atoms with van der Waals surface area (Å²) in [6.07, 6.45) is 2.70. The zero-order valence-electron chi connectivity index (χ0n) is 12.2. The first kappa shape index (κ1) is 13.6. The van der Waals surface area contributed by atoms with Gasteiger partial charge in [0.15, 0.2) is 0 Å². The van der Waals surface area contributed by atoms with Gasteiger partial charge in [-0.1, -0.05) is 0 Å². The Morgan fingerprint density at radius 1 is 1.33 bits per heavy atom. The number of likely N-dealkylation sites (tertiary alicyclic amines) is 1. The van der Waals surface area contributed by atoms with Gasteiger partial charge in [0.25, 0.3) is 0 Å². The second kappa shape index (κ2) is 5.85. The number of nitrogens with one attached hydrogen (secondary N) is 1. The third-order valence-electron chi connectivity index (χ3n) is 4.12. The summed E-state index contributed by atoms with van der Waals surface area (Å²) in [7, 11) is 4.24. The van der Waals surface area contributed by atoms with Gasteiger partial charge in [-0.15, -0.1) is 0 Å². The predicted molar refractivity (Wildman–Crippen MR) is 74.6 cm³/mol. The first-order chi connectivity index (χ1) is 8.58. The second-order valence-corrected chi connectivity index (χ2v) is 5.67. The third kappa shape index (κ3) is 3.12. The van der Waals surface area contributed by atoms with Crippen molar-refractivity contribution in [3.8, 4) is 0 Å². The summed E-state index contributed by atoms with van der Waals surface area (Å²) >= 11 is 0. The van der Waals surface area contributed by atoms with E-state index >= 15 is 0 Å². The Kier molecular flexibility index (Phi) is 4.40. The fourth-order valence-electron chi connectivity index (χ4n) is 2.91. The van der Waals surface area contributed by atoms with E-state index in [0.29, 0.717) is 0 Å². The van der Waals surface area contributed by atoms with E-state index in [2.05, 4.69) is 36.2 Å². The van der Waals surface area contributed by atoms with E-state index in [1.54, 1.807) is 0 Å². The van der Waals surface area contributed by atoms with Crippen molar-refractivity contribution < 1.29 is 0 Å². The maximum absolute atomic E-state index is 4.46. The summed E-state index contributed by atoms with van der Waals surface area (Å²) in [4.78, 5) is 2.44. The zero-order chi connectivity index (χ0) is 13.1. The number of nitrogens with zero attached hydrogens (tertiary/aromatic N) is 3. The van der Waals surface area contributed by atoms with Crippen molar-refractivity contribution in [2.45, 2.75) is 33.2 Å². The molecule has 102 valence electrons. The first-order valence-electron chi connectivity index (χ1n) is 6.96. The van der Waals surface area contributed by atoms with Crippen LogP contribution in [0.1, 0.15) is 29.8 Å². The van der Waals surface area contributed by atoms with Gasteiger partial charge in [-0.25, -0.2) is 0 Å². The monoisotopic (exact) mass is 250 g/mol. The molecule has 1 unspecified atom stereocenters. The highest BCUT2D eigenvalue weighted by atomic mass is 15.3. The molecule has 1 atom stereocenters. The Hall–Kier alpha value is -0.870. The van der Waals surface area contributed by atoms with Gasteiger partial charge in [-0.2, -0.15) is 5.10 Å². The van der Waals surface area contributed by atoms with Crippen molar-refractivity contribution in [2.24, 2.45) is 13.0 Å². The molecule has 1 aliphatic heterocycles. The lowest BCUT2D eigenvalue weighted by molar-refractivity contribution is 0.206. The third-order valence-corrected chi connectivity index (χ3v) is 4.12. The van der Waals surface area contributed by atoms with Crippen LogP contribution >= 0.6 is 0 Å². The van der Waals surface area contributed by atoms with Gasteiger partial charge in [0.2, 0.25) is 0 Å². The van der Waals surface area contributed by atoms with Crippen molar-refractivity contribution in [1.82, 2.24) is 20.0 Å². The highest BCUT2D eigenvalue weighted by Gasteiger charge is 2.17. The minimum absolute atomic E-state index is 0.807. The van der Waals surface area contributed by atoms with Crippen LogP contribution in [0.4, 0.5) is 0 Å². The van der Waals surface area contributed by atoms with Crippen molar-refractivity contribution in [3.05, 3.63) is 17.0 Å². The number of aryl methyl sites for hydroxylation is 2. The average molecular weight is 250 g/mol. The number of piperidine rings is 1. The summed E-state index contributed by atoms with van der Waals surface area (Å²) in [6, 6.07) is 0. The standard InChI is InChI=1S/C14H26N4/c1-11-14(12(2)18(4)16-11)9-15-8-13-6-5-7-17(3)10-13/h13,15H,5-10H2,1-4H3. The minimum atomic E-state index is 0.807. The van der Waals surface area contributed by atoms with E-state index < -0.39 is 0 Å². The van der Waals surface area contributed by atoms with Crippen molar-refractivity contribution in [3.63, 3.8) is 0 Å². The van der Waals surface area contributed by atoms with E-state index in [-0.39, 0.29) is 0 Å². The van der Waals surface area contributed by atoms with Crippen LogP contribution in [0, 0.1) is 19.8 Å². The molecule has 0 aliphatic carbocycles. The number of hydrogen-bond donors (Lipinski definition) is 1. The Balaban J connectivity index is 1.81. The van der Waals surface area contributed by atoms with Crippen LogP contribution in [0.5, 0.6) is 0 Å². The van der Waals surface area contributed by atoms with Crippen molar-refractivity contribution in [2.75, 3.05) is 26.7 Å². The molecule has 0 aromatic carbocycles. The molecule has 4 heteroatoms. The van der Waals surface area contributed by atoms with E-state index in [4.69, 9.17) is 0 Å². The maximum Gasteiger partial charge on any atom is 0.0641 e. The number of rotatable bonds is 4. The SMILES string of the molecule is Cc1nn(C)c(C)c1CNCC1CCCN(C)C1. The first-order valence-corrected chi connectivity index (χ1v) is 6.96. The van der Waals surface area contributed by atoms with E-state index in [9.17, 15) is 0 Å². The summed E-state index contributed by atoms with van der Waals surface area (Å²) in [5.74, 6) is 0.807. The van der Waals surface area contributed by atoms with Crippen molar-refractivity contribution >= 4 is 0 Å². The Morgan fingerprint density at radius 2 is 2.11 bits per heavy atom. The molecule has 0 saturated carbocycles. The topological polar surface area (TPSA) is 33.1 Å². The molecule has 2 heterocycles. The Labute approximate surface area is 110 Å². The molecule has 1 aromatic heterocycles. The Bertz CT molecular complexity index is 397. The van der Waals surface area contributed by atoms with Gasteiger partial charge < -0.3 is 10.2 Å². The molecule has 1 saturated heterocycles. The van der Waals surface area contributed by atoms with Crippen LogP contribution in [-0.2, 0) is 13.6 Å². The van der Waals surface area contributed by atoms with E-state index in [0.717, 1.165) is 24.7 Å². The molecule has 1 N–H and O–H groups in total. The van der Waals surface area contributed by atoms with Crippen LogP contribution < -0.4 is 5.32 Å². The Morgan fingerprint density at radius 3 is 2.72 bits per heavy atom. The van der Waals surface area contributed by atoms with Crippen LogP contribution in [-0.4, -0.2) is 41.4 Å². The molecule has 18 heavy (non-hydrogen) atoms. The van der Waals surface area contributed by atoms with Gasteiger partial charge in [-0.05, 0) is 52.7 Å². The molecule has 1 fully saturated rings. The molecule has 0 spiro atoms. The lowest BCUT2D eigenvalue weighted by Gasteiger charge is -2.29. The largest absolute Gasteiger partial charge is 0.312 e. The van der Waals surface area contributed by atoms with Gasteiger partial charge in [0.05, 0.1) is 5.69 Å². The number of aromatic nitrogens is 2. The maximum atomic E-state index is 4.46. The molecule has 0 radical (unpaired) electrons. The summed E-state index contributed by atoms with van der Waals surface area (Å²) in [5.41, 5.74) is 3.80. The predicted octanol–water partition coefficient (Wildman–Crippen LogP) is 1.47. The van der Waals surface area contributed by atoms with Crippen LogP contribution in [0.25, 0.3) is 0 Å². The fraction of sp³-hybridized carbons (Fsp3) is 0.786. The van der Waals surface area contributed by atoms with Gasteiger partial charge in [0.1, 0.15) is 0 Å². The van der Waals surface area contributed by atoms with Gasteiger partial charge in [-0.3, -0.25) is 4.68 Å². The summed E-state index contributed by atoms with van der Waals surface area (Å²) < 4.78 is 1.97. The highest BCUT2D eigenvalue weighted by Crippen LogP contribution is 2.15. The molecule has 0 amide bonds. The summed E-state index contributed by atoms with van der Waals surface area (Å²) in [5, 5.41) is 8.06. The van der Waals surface area contributed by atoms with Crippen molar-refractivity contribution in [1.29, 1.82) is 0 Å². The normalized spacial score (nSPS) is 21.4. The smallest absolute Gasteiger partial charge is 0.0641 e.